The van der Waals surface area contributed by atoms with E-state index in [1.165, 1.54) is 20.1 Å². The quantitative estimate of drug-likeness (QED) is 0.130. The number of rotatable bonds is 8. The summed E-state index contributed by atoms with van der Waals surface area (Å²) in [5.41, 5.74) is 0.595. The number of methoxy groups -OCH3 is 1. The first kappa shape index (κ1) is 25.3. The lowest BCUT2D eigenvalue weighted by Crippen LogP contribution is -2.60. The second-order valence-electron chi connectivity index (χ2n) is 7.63. The molecule has 34 heavy (non-hydrogen) atoms. The topological polar surface area (TPSA) is 178 Å². The number of aromatic hydroxyl groups is 1. The zero-order valence-electron chi connectivity index (χ0n) is 18.5. The van der Waals surface area contributed by atoms with Gasteiger partial charge in [0.2, 0.25) is 12.6 Å². The number of phenolic OH excluding ortho intramolecular Hbond substituents is 1. The molecule has 5 atom stereocenters. The lowest BCUT2D eigenvalue weighted by Gasteiger charge is -2.39. The minimum Gasteiger partial charge on any atom is -0.506 e. The van der Waals surface area contributed by atoms with Crippen LogP contribution in [-0.2, 0) is 24.1 Å². The molecule has 1 aliphatic rings. The second kappa shape index (κ2) is 10.3. The first-order valence-corrected chi connectivity index (χ1v) is 10.1. The van der Waals surface area contributed by atoms with Gasteiger partial charge in [-0.1, -0.05) is 6.07 Å². The Kier molecular flexibility index (Phi) is 7.69. The van der Waals surface area contributed by atoms with Gasteiger partial charge in [-0.3, -0.25) is 14.5 Å². The van der Waals surface area contributed by atoms with Crippen molar-refractivity contribution in [3.63, 3.8) is 0 Å². The molecule has 1 heterocycles. The number of aryl methyl sites for hydroxylation is 1. The van der Waals surface area contributed by atoms with Crippen molar-refractivity contribution >= 4 is 28.8 Å². The van der Waals surface area contributed by atoms with Crippen molar-refractivity contribution in [1.29, 1.82) is 0 Å². The molecule has 0 radical (unpaired) electrons. The molecule has 1 fully saturated rings. The number of ether oxygens (including phenoxy) is 3. The van der Waals surface area contributed by atoms with Gasteiger partial charge in [0.15, 0.2) is 5.78 Å². The number of fused-ring (bicyclic) bond motifs is 1. The average molecular weight is 480 g/mol. The maximum Gasteiger partial charge on any atom is 0.405 e. The van der Waals surface area contributed by atoms with Crippen molar-refractivity contribution in [3.05, 3.63) is 29.3 Å². The fourth-order valence-corrected chi connectivity index (χ4v) is 3.71. The summed E-state index contributed by atoms with van der Waals surface area (Å²) in [7, 11) is 1.40. The Morgan fingerprint density at radius 1 is 1.12 bits per heavy atom. The second-order valence-corrected chi connectivity index (χ2v) is 7.63. The van der Waals surface area contributed by atoms with E-state index in [0.717, 1.165) is 0 Å². The molecule has 1 aliphatic heterocycles. The van der Waals surface area contributed by atoms with Gasteiger partial charge in [0, 0.05) is 6.07 Å². The van der Waals surface area contributed by atoms with E-state index in [2.05, 4.69) is 9.78 Å². The van der Waals surface area contributed by atoms with Crippen LogP contribution in [0.25, 0.3) is 10.8 Å². The molecule has 0 saturated carbocycles. The molecule has 4 N–H and O–H groups in total. The van der Waals surface area contributed by atoms with E-state index in [-0.39, 0.29) is 34.5 Å². The molecule has 2 aromatic carbocycles. The van der Waals surface area contributed by atoms with Crippen molar-refractivity contribution in [2.75, 3.05) is 13.7 Å². The summed E-state index contributed by atoms with van der Waals surface area (Å²) >= 11 is 0. The number of Topliss-reactive ketones (excluding diaryl/α,β-unsaturated/α-hetero) is 1. The Hall–Kier alpha value is -3.29. The highest BCUT2D eigenvalue weighted by molar-refractivity contribution is 6.20. The summed E-state index contributed by atoms with van der Waals surface area (Å²) < 4.78 is 16.5. The molecule has 3 rings (SSSR count). The van der Waals surface area contributed by atoms with E-state index in [1.807, 2.05) is 0 Å². The number of carbonyl (C=O) groups excluding carboxylic acids is 3. The lowest BCUT2D eigenvalue weighted by molar-refractivity contribution is -0.321. The smallest absolute Gasteiger partial charge is 0.405 e. The van der Waals surface area contributed by atoms with Crippen LogP contribution in [0.5, 0.6) is 17.2 Å². The minimum atomic E-state index is -1.75. The molecule has 0 spiro atoms. The molecule has 0 aromatic heterocycles. The minimum absolute atomic E-state index is 0.0472. The fourth-order valence-electron chi connectivity index (χ4n) is 3.71. The van der Waals surface area contributed by atoms with Gasteiger partial charge < -0.3 is 34.6 Å². The molecule has 1 saturated heterocycles. The van der Waals surface area contributed by atoms with E-state index in [9.17, 15) is 34.8 Å². The Morgan fingerprint density at radius 2 is 1.82 bits per heavy atom. The Labute approximate surface area is 193 Å². The fraction of sp³-hybridized carbons (Fsp3) is 0.409. The summed E-state index contributed by atoms with van der Waals surface area (Å²) in [4.78, 5) is 41.9. The van der Waals surface area contributed by atoms with Gasteiger partial charge in [-0.15, -0.1) is 0 Å². The van der Waals surface area contributed by atoms with Crippen LogP contribution < -0.4 is 9.47 Å². The van der Waals surface area contributed by atoms with Crippen LogP contribution >= 0.6 is 0 Å². The predicted molar refractivity (Wildman–Crippen MR) is 112 cm³/mol. The van der Waals surface area contributed by atoms with Gasteiger partial charge >= 0.3 is 5.97 Å². The Morgan fingerprint density at radius 3 is 2.44 bits per heavy atom. The standard InChI is InChI=1S/C22H24O12/c1-9-4-11-5-12(30-3)6-13(17(11)19(27)16(9)10(2)24)32-22-21(29)20(28)18(26)14(33-22)8-31-34-15(25)7-23/h4-7,14,18,20-22,26-29H,8H2,1-3H3/t14-,18-,20-,21-,22-/m1/s1. The zero-order valence-corrected chi connectivity index (χ0v) is 18.5. The molecule has 2 aromatic rings. The molecular formula is C22H24O12. The average Bonchev–Trinajstić information content (AvgIpc) is 2.79. The van der Waals surface area contributed by atoms with E-state index in [0.29, 0.717) is 16.7 Å². The first-order chi connectivity index (χ1) is 16.1. The summed E-state index contributed by atoms with van der Waals surface area (Å²) in [6.45, 7) is 2.34. The third-order valence-corrected chi connectivity index (χ3v) is 5.32. The van der Waals surface area contributed by atoms with Crippen molar-refractivity contribution in [2.45, 2.75) is 44.6 Å². The van der Waals surface area contributed by atoms with Crippen molar-refractivity contribution < 1.29 is 58.8 Å². The highest BCUT2D eigenvalue weighted by Gasteiger charge is 2.45. The normalized spacial score (nSPS) is 24.5. The van der Waals surface area contributed by atoms with Gasteiger partial charge in [0.05, 0.1) is 18.1 Å². The first-order valence-electron chi connectivity index (χ1n) is 10.1. The summed E-state index contributed by atoms with van der Waals surface area (Å²) in [6.07, 6.45) is -8.24. The number of hydrogen-bond acceptors (Lipinski definition) is 12. The van der Waals surface area contributed by atoms with Crippen molar-refractivity contribution in [1.82, 2.24) is 0 Å². The molecule has 0 amide bonds. The third-order valence-electron chi connectivity index (χ3n) is 5.32. The molecule has 12 heteroatoms. The SMILES string of the molecule is COc1cc(O[C@@H]2O[C@H](COOC(=O)C=O)[C@@H](O)[C@@H](O)[C@H]2O)c2c(O)c(C(C)=O)c(C)cc2c1. The van der Waals surface area contributed by atoms with E-state index in [4.69, 9.17) is 14.2 Å². The molecule has 184 valence electrons. The number of aliphatic hydroxyl groups excluding tert-OH is 3. The van der Waals surface area contributed by atoms with Crippen LogP contribution in [0.4, 0.5) is 0 Å². The lowest BCUT2D eigenvalue weighted by atomic mass is 9.96. The van der Waals surface area contributed by atoms with Gasteiger partial charge in [0.1, 0.15) is 48.3 Å². The number of benzene rings is 2. The predicted octanol–water partition coefficient (Wildman–Crippen LogP) is -0.0749. The summed E-state index contributed by atoms with van der Waals surface area (Å²) in [5, 5.41) is 42.3. The van der Waals surface area contributed by atoms with E-state index >= 15 is 0 Å². The zero-order chi connectivity index (χ0) is 25.2. The largest absolute Gasteiger partial charge is 0.506 e. The number of carbonyl (C=O) groups is 3. The highest BCUT2D eigenvalue weighted by Crippen LogP contribution is 2.42. The van der Waals surface area contributed by atoms with Crippen LogP contribution in [0.2, 0.25) is 0 Å². The molecular weight excluding hydrogens is 456 g/mol. The molecule has 0 unspecified atom stereocenters. The Bertz CT molecular complexity index is 1100. The van der Waals surface area contributed by atoms with E-state index in [1.54, 1.807) is 19.1 Å². The van der Waals surface area contributed by atoms with Crippen molar-refractivity contribution in [3.8, 4) is 17.2 Å². The summed E-state index contributed by atoms with van der Waals surface area (Å²) in [6, 6.07) is 4.63. The van der Waals surface area contributed by atoms with Crippen LogP contribution in [-0.4, -0.2) is 82.9 Å². The van der Waals surface area contributed by atoms with Crippen LogP contribution in [0.3, 0.4) is 0 Å². The maximum atomic E-state index is 12.1. The number of hydrogen-bond donors (Lipinski definition) is 4. The van der Waals surface area contributed by atoms with E-state index < -0.39 is 43.3 Å². The van der Waals surface area contributed by atoms with Gasteiger partial charge in [-0.05, 0) is 30.9 Å². The summed E-state index contributed by atoms with van der Waals surface area (Å²) in [5.74, 6) is -1.79. The van der Waals surface area contributed by atoms with Crippen LogP contribution in [0.1, 0.15) is 22.8 Å². The van der Waals surface area contributed by atoms with Gasteiger partial charge in [0.25, 0.3) is 0 Å². The molecule has 12 nitrogen and oxygen atoms in total. The molecule has 0 aliphatic carbocycles. The van der Waals surface area contributed by atoms with Crippen molar-refractivity contribution in [2.24, 2.45) is 0 Å². The van der Waals surface area contributed by atoms with Crippen LogP contribution in [0, 0.1) is 6.92 Å². The monoisotopic (exact) mass is 480 g/mol. The van der Waals surface area contributed by atoms with Crippen LogP contribution in [0.15, 0.2) is 18.2 Å². The Balaban J connectivity index is 1.97. The number of aliphatic hydroxyl groups is 3. The maximum absolute atomic E-state index is 12.1. The number of ketones is 1. The number of aldehydes is 1. The molecule has 0 bridgehead atoms. The number of phenols is 1. The third kappa shape index (κ3) is 4.95. The van der Waals surface area contributed by atoms with Gasteiger partial charge in [-0.2, -0.15) is 4.89 Å². The van der Waals surface area contributed by atoms with Gasteiger partial charge in [-0.25, -0.2) is 4.79 Å². The highest BCUT2D eigenvalue weighted by atomic mass is 17.2.